The second-order valence-electron chi connectivity index (χ2n) is 12.4. The number of carbonyl (C=O) groups is 3. The summed E-state index contributed by atoms with van der Waals surface area (Å²) in [5.74, 6) is -3.17. The average Bonchev–Trinajstić information content (AvgIpc) is 3.45. The predicted molar refractivity (Wildman–Crippen MR) is 176 cm³/mol. The molecule has 2 amide bonds. The molecule has 0 spiro atoms. The van der Waals surface area contributed by atoms with Gasteiger partial charge in [0.15, 0.2) is 5.69 Å². The molecule has 1 saturated heterocycles. The lowest BCUT2D eigenvalue weighted by atomic mass is 9.81. The summed E-state index contributed by atoms with van der Waals surface area (Å²) in [4.78, 5) is 46.9. The molecule has 6 rings (SSSR count). The average molecular weight is 675 g/mol. The minimum atomic E-state index is -4.91. The highest BCUT2D eigenvalue weighted by Crippen LogP contribution is 2.36. The van der Waals surface area contributed by atoms with Gasteiger partial charge in [0.2, 0.25) is 17.6 Å². The SMILES string of the molecule is O=C(Nc1ccc(N2CCCN(C(=O)C3CCC(C(=O)OCc4ccccc4)CC3)CC2)cc1)c1nc(-c2ccccc2)oc1C(F)(F)F. The Morgan fingerprint density at radius 3 is 2.14 bits per heavy atom. The van der Waals surface area contributed by atoms with Crippen LogP contribution in [0.1, 0.15) is 53.9 Å². The van der Waals surface area contributed by atoms with Crippen molar-refractivity contribution in [3.63, 3.8) is 0 Å². The van der Waals surface area contributed by atoms with Crippen molar-refractivity contribution in [2.45, 2.75) is 44.9 Å². The number of esters is 1. The lowest BCUT2D eigenvalue weighted by Gasteiger charge is -2.31. The number of ether oxygens (including phenoxy) is 1. The van der Waals surface area contributed by atoms with Gasteiger partial charge in [-0.25, -0.2) is 4.98 Å². The van der Waals surface area contributed by atoms with Crippen molar-refractivity contribution < 1.29 is 36.7 Å². The molecule has 49 heavy (non-hydrogen) atoms. The molecule has 0 radical (unpaired) electrons. The number of oxazole rings is 1. The fourth-order valence-electron chi connectivity index (χ4n) is 6.39. The van der Waals surface area contributed by atoms with E-state index in [1.165, 1.54) is 0 Å². The number of nitrogens with one attached hydrogen (secondary N) is 1. The molecule has 0 unspecified atom stereocenters. The molecule has 2 fully saturated rings. The van der Waals surface area contributed by atoms with Crippen LogP contribution in [0.4, 0.5) is 24.5 Å². The Balaban J connectivity index is 1.000. The molecular weight excluding hydrogens is 637 g/mol. The van der Waals surface area contributed by atoms with Crippen LogP contribution in [0.2, 0.25) is 0 Å². The van der Waals surface area contributed by atoms with Gasteiger partial charge in [0.25, 0.3) is 5.91 Å². The van der Waals surface area contributed by atoms with Gasteiger partial charge in [-0.3, -0.25) is 14.4 Å². The summed E-state index contributed by atoms with van der Waals surface area (Å²) >= 11 is 0. The largest absolute Gasteiger partial charge is 0.461 e. The van der Waals surface area contributed by atoms with Crippen LogP contribution in [0.15, 0.2) is 89.3 Å². The number of anilines is 2. The molecule has 0 bridgehead atoms. The maximum atomic E-state index is 13.7. The zero-order valence-corrected chi connectivity index (χ0v) is 26.8. The Morgan fingerprint density at radius 1 is 0.816 bits per heavy atom. The van der Waals surface area contributed by atoms with Gasteiger partial charge < -0.3 is 24.3 Å². The number of benzene rings is 3. The Morgan fingerprint density at radius 2 is 1.47 bits per heavy atom. The maximum Gasteiger partial charge on any atom is 0.452 e. The van der Waals surface area contributed by atoms with E-state index in [2.05, 4.69) is 15.2 Å². The number of nitrogens with zero attached hydrogens (tertiary/aromatic N) is 3. The van der Waals surface area contributed by atoms with Crippen LogP contribution in [-0.2, 0) is 27.1 Å². The number of hydrogen-bond donors (Lipinski definition) is 1. The second kappa shape index (κ2) is 15.0. The van der Waals surface area contributed by atoms with E-state index in [1.807, 2.05) is 35.2 Å². The molecule has 12 heteroatoms. The molecule has 3 aromatic carbocycles. The molecule has 1 aromatic heterocycles. The van der Waals surface area contributed by atoms with Crippen molar-refractivity contribution in [2.75, 3.05) is 36.4 Å². The lowest BCUT2D eigenvalue weighted by Crippen LogP contribution is -2.40. The van der Waals surface area contributed by atoms with E-state index < -0.39 is 23.5 Å². The number of halogens is 3. The summed E-state index contributed by atoms with van der Waals surface area (Å²) in [6, 6.07) is 24.4. The standard InChI is InChI=1S/C37H37F3N4O5/c38-37(39,40)32-31(42-34(49-32)26-10-5-2-6-11-26)33(45)41-29-16-18-30(19-17-29)43-20-7-21-44(23-22-43)35(46)27-12-14-28(15-13-27)36(47)48-24-25-8-3-1-4-9-25/h1-6,8-11,16-19,27-28H,7,12-15,20-24H2,(H,41,45). The third-order valence-corrected chi connectivity index (χ3v) is 9.05. The van der Waals surface area contributed by atoms with Crippen LogP contribution >= 0.6 is 0 Å². The summed E-state index contributed by atoms with van der Waals surface area (Å²) in [6.07, 6.45) is -1.56. The number of alkyl halides is 3. The third-order valence-electron chi connectivity index (χ3n) is 9.05. The lowest BCUT2D eigenvalue weighted by molar-refractivity contribution is -0.153. The van der Waals surface area contributed by atoms with E-state index in [0.717, 1.165) is 17.7 Å². The zero-order chi connectivity index (χ0) is 34.4. The number of hydrogen-bond acceptors (Lipinski definition) is 7. The first-order valence-corrected chi connectivity index (χ1v) is 16.4. The minimum absolute atomic E-state index is 0.112. The smallest absolute Gasteiger partial charge is 0.452 e. The monoisotopic (exact) mass is 674 g/mol. The van der Waals surface area contributed by atoms with Gasteiger partial charge in [-0.15, -0.1) is 0 Å². The van der Waals surface area contributed by atoms with E-state index in [-0.39, 0.29) is 36.2 Å². The number of amides is 2. The van der Waals surface area contributed by atoms with E-state index in [1.54, 1.807) is 54.6 Å². The Kier molecular flexibility index (Phi) is 10.3. The van der Waals surface area contributed by atoms with Crippen molar-refractivity contribution in [2.24, 2.45) is 11.8 Å². The second-order valence-corrected chi connectivity index (χ2v) is 12.4. The summed E-state index contributed by atoms with van der Waals surface area (Å²) < 4.78 is 51.6. The summed E-state index contributed by atoms with van der Waals surface area (Å²) in [6.45, 7) is 2.75. The molecule has 1 saturated carbocycles. The molecule has 0 atom stereocenters. The van der Waals surface area contributed by atoms with Crippen LogP contribution in [-0.4, -0.2) is 53.8 Å². The Bertz CT molecular complexity index is 1740. The van der Waals surface area contributed by atoms with Gasteiger partial charge in [0, 0.05) is 49.0 Å². The van der Waals surface area contributed by atoms with Gasteiger partial charge in [-0.1, -0.05) is 48.5 Å². The highest BCUT2D eigenvalue weighted by Gasteiger charge is 2.42. The first kappa shape index (κ1) is 33.8. The van der Waals surface area contributed by atoms with Crippen molar-refractivity contribution in [1.29, 1.82) is 0 Å². The van der Waals surface area contributed by atoms with Gasteiger partial charge in [-0.05, 0) is 74.1 Å². The molecule has 9 nitrogen and oxygen atoms in total. The quantitative estimate of drug-likeness (QED) is 0.197. The van der Waals surface area contributed by atoms with Crippen LogP contribution in [0.3, 0.4) is 0 Å². The van der Waals surface area contributed by atoms with E-state index in [9.17, 15) is 27.6 Å². The highest BCUT2D eigenvalue weighted by molar-refractivity contribution is 6.04. The molecule has 2 heterocycles. The number of rotatable bonds is 8. The minimum Gasteiger partial charge on any atom is -0.461 e. The molecule has 1 N–H and O–H groups in total. The van der Waals surface area contributed by atoms with Crippen LogP contribution in [0, 0.1) is 11.8 Å². The van der Waals surface area contributed by atoms with Crippen LogP contribution in [0.25, 0.3) is 11.5 Å². The topological polar surface area (TPSA) is 105 Å². The molecular formula is C37H37F3N4O5. The molecule has 1 aliphatic heterocycles. The molecule has 1 aliphatic carbocycles. The van der Waals surface area contributed by atoms with Crippen LogP contribution < -0.4 is 10.2 Å². The van der Waals surface area contributed by atoms with Crippen molar-refractivity contribution >= 4 is 29.2 Å². The van der Waals surface area contributed by atoms with E-state index in [0.29, 0.717) is 63.1 Å². The van der Waals surface area contributed by atoms with Gasteiger partial charge in [-0.2, -0.15) is 13.2 Å². The van der Waals surface area contributed by atoms with Gasteiger partial charge in [0.1, 0.15) is 6.61 Å². The van der Waals surface area contributed by atoms with Crippen molar-refractivity contribution in [3.05, 3.63) is 102 Å². The molecule has 256 valence electrons. The molecule has 4 aromatic rings. The van der Waals surface area contributed by atoms with E-state index >= 15 is 0 Å². The van der Waals surface area contributed by atoms with Crippen molar-refractivity contribution in [1.82, 2.24) is 9.88 Å². The summed E-state index contributed by atoms with van der Waals surface area (Å²) in [7, 11) is 0. The van der Waals surface area contributed by atoms with Gasteiger partial charge in [0.05, 0.1) is 5.92 Å². The Labute approximate surface area is 282 Å². The maximum absolute atomic E-state index is 13.7. The number of aromatic nitrogens is 1. The fraction of sp³-hybridized carbons (Fsp3) is 0.351. The zero-order valence-electron chi connectivity index (χ0n) is 26.8. The van der Waals surface area contributed by atoms with Gasteiger partial charge >= 0.3 is 12.1 Å². The molecule has 2 aliphatic rings. The normalized spacial score (nSPS) is 18.4. The first-order chi connectivity index (χ1) is 23.7. The summed E-state index contributed by atoms with van der Waals surface area (Å²) in [5, 5.41) is 2.50. The summed E-state index contributed by atoms with van der Waals surface area (Å²) in [5.41, 5.74) is 1.59. The van der Waals surface area contributed by atoms with Crippen molar-refractivity contribution in [3.8, 4) is 11.5 Å². The highest BCUT2D eigenvalue weighted by atomic mass is 19.4. The van der Waals surface area contributed by atoms with Crippen LogP contribution in [0.5, 0.6) is 0 Å². The fourth-order valence-corrected chi connectivity index (χ4v) is 6.39. The van der Waals surface area contributed by atoms with E-state index in [4.69, 9.17) is 9.15 Å². The third kappa shape index (κ3) is 8.30. The first-order valence-electron chi connectivity index (χ1n) is 16.4. The predicted octanol–water partition coefficient (Wildman–Crippen LogP) is 7.20. The number of carbonyl (C=O) groups excluding carboxylic acids is 3. The Hall–Kier alpha value is -5.13.